The lowest BCUT2D eigenvalue weighted by atomic mass is 9.98. The minimum absolute atomic E-state index is 0.141. The second kappa shape index (κ2) is 36.2. The summed E-state index contributed by atoms with van der Waals surface area (Å²) in [6.45, 7) is 1.25. The molecule has 5 aliphatic rings. The second-order valence-electron chi connectivity index (χ2n) is 28.6. The van der Waals surface area contributed by atoms with Crippen molar-refractivity contribution in [1.29, 1.82) is 0 Å². The first-order valence-electron chi connectivity index (χ1n) is 39.0. The fraction of sp³-hybridized carbons (Fsp3) is 0.0505. The van der Waals surface area contributed by atoms with E-state index >= 15 is 0 Å². The summed E-state index contributed by atoms with van der Waals surface area (Å²) in [6, 6.07) is 65.2. The molecule has 0 saturated carbocycles. The minimum atomic E-state index is -0.634. The number of primary amides is 5. The van der Waals surface area contributed by atoms with Crippen molar-refractivity contribution in [2.45, 2.75) is 32.7 Å². The molecule has 0 radical (unpaired) electrons. The fourth-order valence-electron chi connectivity index (χ4n) is 15.2. The number of amides is 5. The summed E-state index contributed by atoms with van der Waals surface area (Å²) in [5, 5.41) is 0.586. The van der Waals surface area contributed by atoms with Crippen molar-refractivity contribution in [2.24, 2.45) is 53.6 Å². The average Bonchev–Trinajstić information content (AvgIpc) is 1.65. The first kappa shape index (κ1) is 84.0. The molecule has 11 heterocycles. The lowest BCUT2D eigenvalue weighted by molar-refractivity contribution is 0.0986. The number of aromatic nitrogens is 11. The maximum absolute atomic E-state index is 14.4. The van der Waals surface area contributed by atoms with E-state index in [4.69, 9.17) is 87.4 Å². The first-order valence-corrected chi connectivity index (χ1v) is 40.2. The summed E-state index contributed by atoms with van der Waals surface area (Å²) >= 11 is 10.00. The molecule has 0 saturated heterocycles. The summed E-state index contributed by atoms with van der Waals surface area (Å²) < 4.78 is 24.5. The molecule has 0 bridgehead atoms. The van der Waals surface area contributed by atoms with E-state index in [0.29, 0.717) is 79.5 Å². The van der Waals surface area contributed by atoms with Crippen LogP contribution < -0.4 is 28.7 Å². The van der Waals surface area contributed by atoms with E-state index < -0.39 is 29.5 Å². The molecule has 5 amide bonds. The smallest absolute Gasteiger partial charge is 0.269 e. The number of carbonyl (C=O) groups excluding carboxylic acids is 5. The minimum Gasteiger partial charge on any atom is -0.364 e. The number of imidazole rings is 5. The van der Waals surface area contributed by atoms with Gasteiger partial charge in [-0.15, -0.1) is 32.1 Å². The molecular formula is C99H66BrClFN21O5. The van der Waals surface area contributed by atoms with E-state index in [1.807, 2.05) is 194 Å². The first-order chi connectivity index (χ1) is 62.2. The molecule has 6 aromatic heterocycles. The fourth-order valence-corrected chi connectivity index (χ4v) is 15.9. The monoisotopic (exact) mass is 1760 g/mol. The maximum atomic E-state index is 14.4. The molecule has 20 rings (SSSR count). The largest absolute Gasteiger partial charge is 0.364 e. The number of pyridine rings is 1. The Bertz CT molecular complexity index is 6940. The van der Waals surface area contributed by atoms with Gasteiger partial charge in [0.2, 0.25) is 0 Å². The SMILES string of the molecule is C#Cc1ccc2c(c1)C(c1ccccc1)=NCc1c(C(N)=O)ncn1-2.C#Cc1ccc2c(c1)C(c1ccccc1Br)=NCc1c(C(N)=O)ncn1-2.C#Cc1ccc2c(c1)C(c1ccccc1Cl)=NCc1c(C(N)=O)ncn1-2.C#Cc1ccc2c(c1)C(c1ccccc1F)=NCc1c(C(N)=O)ncn1-2.C#Cc1ccc2c(c1)C(c1ccccn1)=NCc1c(C(N)=O)ncn1-2. The van der Waals surface area contributed by atoms with Crippen molar-refractivity contribution in [2.75, 3.05) is 0 Å². The standard InChI is InChI=1S/C20H13BrN4O.C20H13ClN4O.C20H13FN4O.C20H14N4O.C19H13N5O/c3*1-2-12-7-8-16-14(9-12)18(13-5-3-4-6-15(13)21)23-10-17-19(20(22)26)24-11-25(16)17;1-2-13-8-9-16-15(10-13)18(14-6-4-3-5-7-14)22-11-17-19(20(21)25)23-12-24(16)17;1-2-12-6-7-15-13(9-12)17(14-5-3-4-8-21-14)22-10-16-18(19(20)25)23-11-24(15)16/h3*1,3-9,11H,10H2,(H2,22,26);1,3-10,12H,11H2,(H2,21,25);1,3-9,11H,10H2,(H2,20,25). The van der Waals surface area contributed by atoms with E-state index in [1.165, 1.54) is 12.4 Å². The van der Waals surface area contributed by atoms with E-state index in [9.17, 15) is 28.4 Å². The highest BCUT2D eigenvalue weighted by Crippen LogP contribution is 2.36. The topological polar surface area (TPSA) is 379 Å². The third kappa shape index (κ3) is 16.4. The summed E-state index contributed by atoms with van der Waals surface area (Å²) in [7, 11) is 0. The summed E-state index contributed by atoms with van der Waals surface area (Å²) in [5.41, 5.74) is 50.6. The van der Waals surface area contributed by atoms with Crippen molar-refractivity contribution in [3.63, 3.8) is 0 Å². The van der Waals surface area contributed by atoms with Crippen molar-refractivity contribution in [3.05, 3.63) is 406 Å². The summed E-state index contributed by atoms with van der Waals surface area (Å²) in [5.74, 6) is 9.89. The number of hydrogen-bond acceptors (Lipinski definition) is 16. The van der Waals surface area contributed by atoms with E-state index in [2.05, 4.69) is 85.4 Å². The molecule has 0 fully saturated rings. The second-order valence-corrected chi connectivity index (χ2v) is 29.9. The van der Waals surface area contributed by atoms with Gasteiger partial charge in [0.15, 0.2) is 28.5 Å². The molecule has 0 unspecified atom stereocenters. The number of aliphatic imine (C=N–C) groups is 5. The zero-order chi connectivity index (χ0) is 89.6. The summed E-state index contributed by atoms with van der Waals surface area (Å²) in [4.78, 5) is 107. The van der Waals surface area contributed by atoms with Crippen LogP contribution in [0.5, 0.6) is 0 Å². The van der Waals surface area contributed by atoms with E-state index in [1.54, 1.807) is 66.4 Å². The molecule has 26 nitrogen and oxygen atoms in total. The van der Waals surface area contributed by atoms with Gasteiger partial charge < -0.3 is 28.7 Å². The molecule has 618 valence electrons. The highest BCUT2D eigenvalue weighted by atomic mass is 79.9. The van der Waals surface area contributed by atoms with Gasteiger partial charge in [0.25, 0.3) is 29.5 Å². The van der Waals surface area contributed by atoms with Crippen LogP contribution in [-0.4, -0.2) is 111 Å². The Morgan fingerprint density at radius 2 is 0.609 bits per heavy atom. The van der Waals surface area contributed by atoms with Gasteiger partial charge in [-0.25, -0.2) is 29.3 Å². The maximum Gasteiger partial charge on any atom is 0.269 e. The van der Waals surface area contributed by atoms with Crippen LogP contribution in [-0.2, 0) is 32.7 Å². The summed E-state index contributed by atoms with van der Waals surface area (Å²) in [6.07, 6.45) is 37.4. The highest BCUT2D eigenvalue weighted by molar-refractivity contribution is 9.10. The lowest BCUT2D eigenvalue weighted by Crippen LogP contribution is -2.14. The number of halogens is 3. The zero-order valence-corrected chi connectivity index (χ0v) is 69.7. The predicted molar refractivity (Wildman–Crippen MR) is 489 cm³/mol. The Labute approximate surface area is 744 Å². The van der Waals surface area contributed by atoms with Crippen LogP contribution in [0.15, 0.2) is 280 Å². The highest BCUT2D eigenvalue weighted by Gasteiger charge is 2.32. The molecule has 9 aromatic carbocycles. The Kier molecular flexibility index (Phi) is 23.8. The van der Waals surface area contributed by atoms with Crippen LogP contribution in [0.25, 0.3) is 28.4 Å². The number of hydrogen-bond donors (Lipinski definition) is 5. The van der Waals surface area contributed by atoms with Gasteiger partial charge in [0.1, 0.15) is 37.5 Å². The van der Waals surface area contributed by atoms with Gasteiger partial charge in [-0.05, 0) is 127 Å². The third-order valence-corrected chi connectivity index (χ3v) is 22.2. The molecule has 0 spiro atoms. The molecule has 15 aromatic rings. The van der Waals surface area contributed by atoms with Crippen molar-refractivity contribution >= 4 is 85.6 Å². The number of terminal acetylenes is 5. The van der Waals surface area contributed by atoms with Gasteiger partial charge in [0, 0.05) is 93.6 Å². The normalized spacial score (nSPS) is 12.4. The Balaban J connectivity index is 0.000000117. The quantitative estimate of drug-likeness (QED) is 0.0801. The van der Waals surface area contributed by atoms with Crippen molar-refractivity contribution < 1.29 is 28.4 Å². The Morgan fingerprint density at radius 1 is 0.320 bits per heavy atom. The van der Waals surface area contributed by atoms with Gasteiger partial charge >= 0.3 is 0 Å². The molecule has 10 N–H and O–H groups in total. The predicted octanol–water partition coefficient (Wildman–Crippen LogP) is 12.5. The number of carbonyl (C=O) groups is 5. The molecular weight excluding hydrogens is 1700 g/mol. The van der Waals surface area contributed by atoms with Crippen molar-refractivity contribution in [3.8, 4) is 90.2 Å². The van der Waals surface area contributed by atoms with Crippen molar-refractivity contribution in [1.82, 2.24) is 52.7 Å². The molecule has 0 atom stereocenters. The zero-order valence-electron chi connectivity index (χ0n) is 67.3. The Morgan fingerprint density at radius 3 is 0.945 bits per heavy atom. The van der Waals surface area contributed by atoms with Crippen LogP contribution in [0.4, 0.5) is 4.39 Å². The Hall–Kier alpha value is -17.6. The van der Waals surface area contributed by atoms with Gasteiger partial charge in [-0.2, -0.15) is 0 Å². The molecule has 5 aliphatic heterocycles. The number of benzene rings is 9. The number of nitrogens with zero attached hydrogens (tertiary/aromatic N) is 16. The molecule has 0 aliphatic carbocycles. The van der Waals surface area contributed by atoms with Gasteiger partial charge in [0.05, 0.1) is 124 Å². The van der Waals surface area contributed by atoms with Crippen LogP contribution >= 0.6 is 27.5 Å². The van der Waals surface area contributed by atoms with Crippen LogP contribution in [0.1, 0.15) is 164 Å². The van der Waals surface area contributed by atoms with Crippen LogP contribution in [0, 0.1) is 67.5 Å². The van der Waals surface area contributed by atoms with Crippen LogP contribution in [0.2, 0.25) is 5.02 Å². The van der Waals surface area contributed by atoms with E-state index in [-0.39, 0.29) is 60.5 Å². The molecule has 128 heavy (non-hydrogen) atoms. The lowest BCUT2D eigenvalue weighted by Gasteiger charge is -2.13. The molecule has 29 heteroatoms. The number of rotatable bonds is 10. The average molecular weight is 1760 g/mol. The van der Waals surface area contributed by atoms with Crippen LogP contribution in [0.3, 0.4) is 0 Å². The van der Waals surface area contributed by atoms with Gasteiger partial charge in [-0.1, -0.05) is 142 Å². The van der Waals surface area contributed by atoms with E-state index in [0.717, 1.165) is 106 Å². The number of fused-ring (bicyclic) bond motifs is 15. The van der Waals surface area contributed by atoms with Gasteiger partial charge in [-0.3, -0.25) is 76.8 Å². The number of nitrogens with two attached hydrogens (primary N) is 5. The third-order valence-electron chi connectivity index (χ3n) is 21.2.